The minimum absolute atomic E-state index is 0.465. The van der Waals surface area contributed by atoms with Crippen LogP contribution in [0, 0.1) is 0 Å². The number of hydrogen-bond acceptors (Lipinski definition) is 2. The first-order valence-electron chi connectivity index (χ1n) is 6.56. The second-order valence-electron chi connectivity index (χ2n) is 4.77. The Morgan fingerprint density at radius 3 is 0.964 bits per heavy atom. The predicted molar refractivity (Wildman–Crippen MR) is 68.1 cm³/mol. The Labute approximate surface area is 147 Å². The maximum Gasteiger partial charge on any atom is 0.449 e. The van der Waals surface area contributed by atoms with Gasteiger partial charge in [0.2, 0.25) is 11.5 Å². The average Bonchev–Trinajstić information content (AvgIpc) is 2.43. The molecule has 0 radical (unpaired) electrons. The maximum absolute atomic E-state index is 12.5. The fraction of sp³-hybridized carbons (Fsp3) is 0.286. The van der Waals surface area contributed by atoms with Crippen LogP contribution in [0.15, 0.2) is 47.9 Å². The Morgan fingerprint density at radius 1 is 0.536 bits per heavy atom. The van der Waals surface area contributed by atoms with E-state index in [1.807, 2.05) is 0 Å². The Kier molecular flexibility index (Phi) is 6.57. The molecule has 14 heteroatoms. The lowest BCUT2D eigenvalue weighted by atomic mass is 10.3. The summed E-state index contributed by atoms with van der Waals surface area (Å²) in [6.45, 7) is 0. The minimum atomic E-state index is -5.55. The van der Waals surface area contributed by atoms with Gasteiger partial charge in [0.25, 0.3) is 0 Å². The number of ether oxygens (including phenoxy) is 2. The first kappa shape index (κ1) is 23.5. The quantitative estimate of drug-likeness (QED) is 0.400. The van der Waals surface area contributed by atoms with Crippen LogP contribution in [0.4, 0.5) is 52.7 Å². The zero-order chi connectivity index (χ0) is 22.0. The van der Waals surface area contributed by atoms with E-state index >= 15 is 0 Å². The molecule has 0 aliphatic carbocycles. The molecule has 0 aliphatic rings. The summed E-state index contributed by atoms with van der Waals surface area (Å²) < 4.78 is 156. The van der Waals surface area contributed by atoms with E-state index in [-0.39, 0.29) is 0 Å². The molecule has 0 heterocycles. The van der Waals surface area contributed by atoms with E-state index in [0.717, 1.165) is 0 Å². The first-order chi connectivity index (χ1) is 12.4. The van der Waals surface area contributed by atoms with Crippen LogP contribution >= 0.6 is 0 Å². The van der Waals surface area contributed by atoms with Gasteiger partial charge in [0.15, 0.2) is 0 Å². The second kappa shape index (κ2) is 7.83. The molecule has 28 heavy (non-hydrogen) atoms. The molecule has 1 aromatic carbocycles. The van der Waals surface area contributed by atoms with Crippen LogP contribution in [0.1, 0.15) is 0 Å². The highest BCUT2D eigenvalue weighted by Crippen LogP contribution is 2.35. The van der Waals surface area contributed by atoms with Gasteiger partial charge in [0.05, 0.1) is 12.2 Å². The summed E-state index contributed by atoms with van der Waals surface area (Å²) in [6.07, 6.45) is -24.3. The standard InChI is InChI=1S/C14H6F12O2/c15-11(16,17)5-9(13(21,22)23)27-7-1-2-8(4-3-7)28-10(14(24,25)26)6-12(18,19)20/h1-6H/b9-5-,10-6-. The Bertz CT molecular complexity index is 654. The average molecular weight is 434 g/mol. The predicted octanol–water partition coefficient (Wildman–Crippen LogP) is 6.46. The number of alkyl halides is 12. The lowest BCUT2D eigenvalue weighted by Gasteiger charge is -2.16. The Balaban J connectivity index is 3.08. The molecule has 0 bridgehead atoms. The van der Waals surface area contributed by atoms with Gasteiger partial charge in [-0.15, -0.1) is 0 Å². The summed E-state index contributed by atoms with van der Waals surface area (Å²) in [4.78, 5) is 0. The summed E-state index contributed by atoms with van der Waals surface area (Å²) >= 11 is 0. The van der Waals surface area contributed by atoms with Gasteiger partial charge in [0, 0.05) is 0 Å². The molecule has 0 atom stereocenters. The Morgan fingerprint density at radius 2 is 0.786 bits per heavy atom. The summed E-state index contributed by atoms with van der Waals surface area (Å²) in [5, 5.41) is 0. The molecule has 0 amide bonds. The van der Waals surface area contributed by atoms with Crippen LogP contribution in [0.3, 0.4) is 0 Å². The number of allylic oxidation sites excluding steroid dienone is 4. The fourth-order valence-electron chi connectivity index (χ4n) is 1.47. The monoisotopic (exact) mass is 434 g/mol. The normalized spacial score (nSPS) is 14.9. The van der Waals surface area contributed by atoms with Gasteiger partial charge in [0.1, 0.15) is 11.5 Å². The van der Waals surface area contributed by atoms with Crippen molar-refractivity contribution in [3.63, 3.8) is 0 Å². The van der Waals surface area contributed by atoms with Crippen molar-refractivity contribution in [2.75, 3.05) is 0 Å². The van der Waals surface area contributed by atoms with Gasteiger partial charge in [-0.05, 0) is 24.3 Å². The summed E-state index contributed by atoms with van der Waals surface area (Å²) in [5.41, 5.74) is 0. The van der Waals surface area contributed by atoms with Gasteiger partial charge < -0.3 is 9.47 Å². The SMILES string of the molecule is FC(F)(F)/C=C(\Oc1ccc(O/C(=C\C(F)(F)F)C(F)(F)F)cc1)C(F)(F)F. The smallest absolute Gasteiger partial charge is 0.449 e. The number of halogens is 12. The van der Waals surface area contributed by atoms with Crippen molar-refractivity contribution in [1.82, 2.24) is 0 Å². The van der Waals surface area contributed by atoms with Gasteiger partial charge in [-0.1, -0.05) is 0 Å². The van der Waals surface area contributed by atoms with Crippen molar-refractivity contribution in [2.24, 2.45) is 0 Å². The van der Waals surface area contributed by atoms with Crippen molar-refractivity contribution in [3.8, 4) is 11.5 Å². The van der Waals surface area contributed by atoms with Crippen LogP contribution in [0.25, 0.3) is 0 Å². The van der Waals surface area contributed by atoms with Crippen molar-refractivity contribution >= 4 is 0 Å². The van der Waals surface area contributed by atoms with Gasteiger partial charge >= 0.3 is 24.7 Å². The lowest BCUT2D eigenvalue weighted by molar-refractivity contribution is -0.128. The zero-order valence-electron chi connectivity index (χ0n) is 12.8. The third-order valence-electron chi connectivity index (χ3n) is 2.43. The van der Waals surface area contributed by atoms with Crippen molar-refractivity contribution in [2.45, 2.75) is 24.7 Å². The van der Waals surface area contributed by atoms with E-state index < -0.39 is 59.9 Å². The lowest BCUT2D eigenvalue weighted by Crippen LogP contribution is -2.21. The highest BCUT2D eigenvalue weighted by molar-refractivity contribution is 5.34. The molecule has 0 N–H and O–H groups in total. The molecule has 1 aromatic rings. The molecule has 0 unspecified atom stereocenters. The molecule has 0 aromatic heterocycles. The maximum atomic E-state index is 12.5. The highest BCUT2D eigenvalue weighted by Gasteiger charge is 2.42. The number of hydrogen-bond donors (Lipinski definition) is 0. The van der Waals surface area contributed by atoms with Crippen molar-refractivity contribution in [1.29, 1.82) is 0 Å². The fourth-order valence-corrected chi connectivity index (χ4v) is 1.47. The number of rotatable bonds is 4. The molecule has 1 rings (SSSR count). The molecule has 0 spiro atoms. The van der Waals surface area contributed by atoms with Crippen LogP contribution < -0.4 is 9.47 Å². The summed E-state index contributed by atoms with van der Waals surface area (Å²) in [6, 6.07) is 1.86. The zero-order valence-corrected chi connectivity index (χ0v) is 12.8. The molecule has 0 fully saturated rings. The summed E-state index contributed by atoms with van der Waals surface area (Å²) in [5.74, 6) is -6.73. The third kappa shape index (κ3) is 8.43. The second-order valence-corrected chi connectivity index (χ2v) is 4.77. The summed E-state index contributed by atoms with van der Waals surface area (Å²) in [7, 11) is 0. The molecule has 0 saturated carbocycles. The van der Waals surface area contributed by atoms with E-state index in [1.54, 1.807) is 0 Å². The van der Waals surface area contributed by atoms with Gasteiger partial charge in [-0.2, -0.15) is 52.7 Å². The van der Waals surface area contributed by atoms with E-state index in [0.29, 0.717) is 24.3 Å². The molecule has 158 valence electrons. The van der Waals surface area contributed by atoms with E-state index in [2.05, 4.69) is 9.47 Å². The van der Waals surface area contributed by atoms with Crippen LogP contribution in [-0.4, -0.2) is 24.7 Å². The van der Waals surface area contributed by atoms with Crippen molar-refractivity contribution < 1.29 is 62.2 Å². The van der Waals surface area contributed by atoms with Crippen LogP contribution in [0.5, 0.6) is 11.5 Å². The first-order valence-corrected chi connectivity index (χ1v) is 6.56. The van der Waals surface area contributed by atoms with Gasteiger partial charge in [-0.3, -0.25) is 0 Å². The van der Waals surface area contributed by atoms with Gasteiger partial charge in [-0.25, -0.2) is 0 Å². The third-order valence-corrected chi connectivity index (χ3v) is 2.43. The largest absolute Gasteiger partial charge is 0.452 e. The van der Waals surface area contributed by atoms with E-state index in [1.165, 1.54) is 0 Å². The van der Waals surface area contributed by atoms with Crippen LogP contribution in [0.2, 0.25) is 0 Å². The van der Waals surface area contributed by atoms with Crippen molar-refractivity contribution in [3.05, 3.63) is 47.9 Å². The number of benzene rings is 1. The molecule has 0 aliphatic heterocycles. The molecular formula is C14H6F12O2. The van der Waals surface area contributed by atoms with Crippen LogP contribution in [-0.2, 0) is 0 Å². The minimum Gasteiger partial charge on any atom is -0.452 e. The molecule has 0 saturated heterocycles. The molecular weight excluding hydrogens is 428 g/mol. The Hall–Kier alpha value is -2.54. The topological polar surface area (TPSA) is 18.5 Å². The molecule has 2 nitrogen and oxygen atoms in total. The van der Waals surface area contributed by atoms with E-state index in [4.69, 9.17) is 0 Å². The highest BCUT2D eigenvalue weighted by atomic mass is 19.4. The van der Waals surface area contributed by atoms with E-state index in [9.17, 15) is 52.7 Å².